The van der Waals surface area contributed by atoms with Crippen LogP contribution >= 0.6 is 11.8 Å². The molecule has 1 unspecified atom stereocenters. The molecule has 6 heteroatoms. The molecule has 0 bridgehead atoms. The van der Waals surface area contributed by atoms with E-state index in [1.165, 1.54) is 12.1 Å². The van der Waals surface area contributed by atoms with Gasteiger partial charge in [0.1, 0.15) is 5.82 Å². The van der Waals surface area contributed by atoms with Crippen molar-refractivity contribution >= 4 is 17.4 Å². The van der Waals surface area contributed by atoms with E-state index in [0.717, 1.165) is 24.6 Å². The minimum atomic E-state index is -2.38. The van der Waals surface area contributed by atoms with Crippen molar-refractivity contribution in [3.05, 3.63) is 24.0 Å². The summed E-state index contributed by atoms with van der Waals surface area (Å²) >= 11 is 1.04. The van der Waals surface area contributed by atoms with Crippen molar-refractivity contribution in [1.29, 1.82) is 0 Å². The molecule has 1 heterocycles. The highest BCUT2D eigenvalue weighted by Gasteiger charge is 2.25. The largest absolute Gasteiger partial charge is 0.381 e. The minimum Gasteiger partial charge on any atom is -0.381 e. The van der Waals surface area contributed by atoms with Gasteiger partial charge in [-0.15, -0.1) is 11.8 Å². The third-order valence-corrected chi connectivity index (χ3v) is 4.45. The lowest BCUT2D eigenvalue weighted by molar-refractivity contribution is -0.0338. The van der Waals surface area contributed by atoms with Gasteiger partial charge in [0.05, 0.1) is 23.6 Å². The van der Waals surface area contributed by atoms with Crippen LogP contribution in [0.3, 0.4) is 0 Å². The van der Waals surface area contributed by atoms with Gasteiger partial charge in [0.2, 0.25) is 6.43 Å². The lowest BCUT2D eigenvalue weighted by atomic mass is 9.99. The molecule has 1 aromatic carbocycles. The Balaban J connectivity index is 2.08. The van der Waals surface area contributed by atoms with E-state index in [9.17, 15) is 13.2 Å². The lowest BCUT2D eigenvalue weighted by Gasteiger charge is -2.33. The Morgan fingerprint density at radius 3 is 2.57 bits per heavy atom. The van der Waals surface area contributed by atoms with E-state index in [2.05, 4.69) is 5.32 Å². The first-order chi connectivity index (χ1) is 9.94. The number of rotatable bonds is 5. The Kier molecular flexibility index (Phi) is 5.81. The van der Waals surface area contributed by atoms with Gasteiger partial charge in [-0.05, 0) is 44.9 Å². The quantitative estimate of drug-likeness (QED) is 0.805. The van der Waals surface area contributed by atoms with Gasteiger partial charge < -0.3 is 10.1 Å². The fraction of sp³-hybridized carbons (Fsp3) is 0.600. The molecule has 21 heavy (non-hydrogen) atoms. The van der Waals surface area contributed by atoms with Crippen LogP contribution in [0.5, 0.6) is 0 Å². The van der Waals surface area contributed by atoms with E-state index in [1.807, 2.05) is 13.8 Å². The summed E-state index contributed by atoms with van der Waals surface area (Å²) in [5.74, 6) is -0.659. The fourth-order valence-corrected chi connectivity index (χ4v) is 3.38. The number of ether oxygens (including phenoxy) is 1. The van der Waals surface area contributed by atoms with E-state index in [0.29, 0.717) is 10.6 Å². The van der Waals surface area contributed by atoms with Crippen molar-refractivity contribution in [1.82, 2.24) is 0 Å². The highest BCUT2D eigenvalue weighted by molar-refractivity contribution is 7.99. The molecule has 0 aromatic heterocycles. The molecule has 0 spiro atoms. The first kappa shape index (κ1) is 16.5. The molecular formula is C15H20F3NOS. The second kappa shape index (κ2) is 7.40. The Hall–Kier alpha value is -0.880. The minimum absolute atomic E-state index is 0.136. The van der Waals surface area contributed by atoms with E-state index in [4.69, 9.17) is 4.74 Å². The SMILES string of the molecule is C[C@@H]1CC(Nc2cc(F)ccc2SCC(F)F)C[C@H](C)O1. The molecule has 0 radical (unpaired) electrons. The number of nitrogens with one attached hydrogen (secondary N) is 1. The van der Waals surface area contributed by atoms with E-state index >= 15 is 0 Å². The Morgan fingerprint density at radius 2 is 1.95 bits per heavy atom. The molecule has 1 aromatic rings. The molecule has 0 saturated carbocycles. The second-order valence-electron chi connectivity index (χ2n) is 5.41. The highest BCUT2D eigenvalue weighted by atomic mass is 32.2. The van der Waals surface area contributed by atoms with Gasteiger partial charge in [-0.1, -0.05) is 0 Å². The summed E-state index contributed by atoms with van der Waals surface area (Å²) in [5, 5.41) is 3.29. The maximum absolute atomic E-state index is 13.4. The van der Waals surface area contributed by atoms with Crippen LogP contribution in [0.2, 0.25) is 0 Å². The molecular weight excluding hydrogens is 299 g/mol. The zero-order chi connectivity index (χ0) is 15.4. The second-order valence-corrected chi connectivity index (χ2v) is 6.47. The standard InChI is InChI=1S/C15H20F3NOS/c1-9-5-12(6-10(2)20-9)19-13-7-11(16)3-4-14(13)21-8-15(17)18/h3-4,7,9-10,12,15,19H,5-6,8H2,1-2H3/t9-,10+,12?. The topological polar surface area (TPSA) is 21.3 Å². The van der Waals surface area contributed by atoms with Crippen LogP contribution in [0.1, 0.15) is 26.7 Å². The molecule has 2 rings (SSSR count). The molecule has 118 valence electrons. The predicted molar refractivity (Wildman–Crippen MR) is 79.8 cm³/mol. The van der Waals surface area contributed by atoms with Crippen LogP contribution in [-0.2, 0) is 4.74 Å². The molecule has 0 aliphatic carbocycles. The summed E-state index contributed by atoms with van der Waals surface area (Å²) in [4.78, 5) is 0.656. The smallest absolute Gasteiger partial charge is 0.247 e. The first-order valence-electron chi connectivity index (χ1n) is 7.06. The maximum atomic E-state index is 13.4. The van der Waals surface area contributed by atoms with Gasteiger partial charge in [0.25, 0.3) is 0 Å². The molecule has 1 N–H and O–H groups in total. The molecule has 1 saturated heterocycles. The zero-order valence-electron chi connectivity index (χ0n) is 12.1. The van der Waals surface area contributed by atoms with Gasteiger partial charge in [-0.25, -0.2) is 13.2 Å². The predicted octanol–water partition coefficient (Wildman–Crippen LogP) is 4.55. The van der Waals surface area contributed by atoms with Crippen LogP contribution < -0.4 is 5.32 Å². The summed E-state index contributed by atoms with van der Waals surface area (Å²) in [6.07, 6.45) is -0.468. The van der Waals surface area contributed by atoms with Crippen LogP contribution in [0.15, 0.2) is 23.1 Å². The van der Waals surface area contributed by atoms with Crippen LogP contribution in [0, 0.1) is 5.82 Å². The van der Waals surface area contributed by atoms with E-state index in [-0.39, 0.29) is 29.8 Å². The van der Waals surface area contributed by atoms with Crippen molar-refractivity contribution in [2.75, 3.05) is 11.1 Å². The summed E-state index contributed by atoms with van der Waals surface area (Å²) in [5.41, 5.74) is 0.590. The third-order valence-electron chi connectivity index (χ3n) is 3.36. The first-order valence-corrected chi connectivity index (χ1v) is 8.05. The highest BCUT2D eigenvalue weighted by Crippen LogP contribution is 2.31. The van der Waals surface area contributed by atoms with Gasteiger partial charge in [0.15, 0.2) is 0 Å². The Labute approximate surface area is 127 Å². The molecule has 1 fully saturated rings. The number of hydrogen-bond acceptors (Lipinski definition) is 3. The number of thioether (sulfide) groups is 1. The number of benzene rings is 1. The van der Waals surface area contributed by atoms with Crippen LogP contribution in [0.25, 0.3) is 0 Å². The van der Waals surface area contributed by atoms with Crippen molar-refractivity contribution in [2.45, 2.75) is 56.3 Å². The normalized spacial score (nSPS) is 26.1. The summed E-state index contributed by atoms with van der Waals surface area (Å²) in [7, 11) is 0. The van der Waals surface area contributed by atoms with Crippen molar-refractivity contribution in [2.24, 2.45) is 0 Å². The molecule has 3 atom stereocenters. The fourth-order valence-electron chi connectivity index (χ4n) is 2.64. The third kappa shape index (κ3) is 5.11. The summed E-state index contributed by atoms with van der Waals surface area (Å²) in [6, 6.07) is 4.39. The number of hydrogen-bond donors (Lipinski definition) is 1. The van der Waals surface area contributed by atoms with E-state index in [1.54, 1.807) is 6.07 Å². The summed E-state index contributed by atoms with van der Waals surface area (Å²) < 4.78 is 43.8. The monoisotopic (exact) mass is 319 g/mol. The van der Waals surface area contributed by atoms with Gasteiger partial charge >= 0.3 is 0 Å². The van der Waals surface area contributed by atoms with E-state index < -0.39 is 6.43 Å². The maximum Gasteiger partial charge on any atom is 0.247 e. The van der Waals surface area contributed by atoms with Gasteiger partial charge in [0, 0.05) is 10.9 Å². The lowest BCUT2D eigenvalue weighted by Crippen LogP contribution is -2.37. The van der Waals surface area contributed by atoms with Crippen molar-refractivity contribution in [3.8, 4) is 0 Å². The van der Waals surface area contributed by atoms with Crippen LogP contribution in [0.4, 0.5) is 18.9 Å². The average Bonchev–Trinajstić information content (AvgIpc) is 2.36. The molecule has 2 nitrogen and oxygen atoms in total. The number of anilines is 1. The number of halogens is 3. The van der Waals surface area contributed by atoms with Crippen molar-refractivity contribution < 1.29 is 17.9 Å². The number of alkyl halides is 2. The summed E-state index contributed by atoms with van der Waals surface area (Å²) in [6.45, 7) is 4.00. The molecule has 0 amide bonds. The Bertz CT molecular complexity index is 462. The zero-order valence-corrected chi connectivity index (χ0v) is 12.9. The Morgan fingerprint density at radius 1 is 1.29 bits per heavy atom. The molecule has 1 aliphatic heterocycles. The average molecular weight is 319 g/mol. The van der Waals surface area contributed by atoms with Gasteiger partial charge in [-0.3, -0.25) is 0 Å². The van der Waals surface area contributed by atoms with Crippen LogP contribution in [-0.4, -0.2) is 30.4 Å². The molecule has 1 aliphatic rings. The van der Waals surface area contributed by atoms with Gasteiger partial charge in [-0.2, -0.15) is 0 Å². The van der Waals surface area contributed by atoms with Crippen molar-refractivity contribution in [3.63, 3.8) is 0 Å².